The molecule has 0 saturated carbocycles. The Kier molecular flexibility index (Phi) is 5.08. The number of nitrogens with one attached hydrogen (secondary N) is 1. The number of halogens is 1. The van der Waals surface area contributed by atoms with Gasteiger partial charge in [0.05, 0.1) is 24.0 Å². The SMILES string of the molecule is OCC(NCc1ccn(-c2ccccc2)n1)c1ccc(Cl)cc1. The smallest absolute Gasteiger partial charge is 0.0767 e. The van der Waals surface area contributed by atoms with E-state index in [9.17, 15) is 5.11 Å². The maximum Gasteiger partial charge on any atom is 0.0767 e. The van der Waals surface area contributed by atoms with Crippen LogP contribution in [0, 0.1) is 0 Å². The lowest BCUT2D eigenvalue weighted by Gasteiger charge is -2.16. The van der Waals surface area contributed by atoms with Gasteiger partial charge in [-0.25, -0.2) is 4.68 Å². The first-order valence-electron chi connectivity index (χ1n) is 7.46. The molecule has 0 aliphatic heterocycles. The second-order valence-corrected chi connectivity index (χ2v) is 5.69. The highest BCUT2D eigenvalue weighted by Gasteiger charge is 2.10. The van der Waals surface area contributed by atoms with Gasteiger partial charge in [0, 0.05) is 17.8 Å². The van der Waals surface area contributed by atoms with Crippen molar-refractivity contribution in [1.82, 2.24) is 15.1 Å². The number of hydrogen-bond donors (Lipinski definition) is 2. The van der Waals surface area contributed by atoms with Gasteiger partial charge >= 0.3 is 0 Å². The van der Waals surface area contributed by atoms with Gasteiger partial charge in [0.15, 0.2) is 0 Å². The molecule has 0 radical (unpaired) electrons. The fraction of sp³-hybridized carbons (Fsp3) is 0.167. The van der Waals surface area contributed by atoms with Crippen LogP contribution in [-0.2, 0) is 6.54 Å². The van der Waals surface area contributed by atoms with E-state index in [1.165, 1.54) is 0 Å². The molecule has 3 aromatic rings. The molecule has 5 heteroatoms. The van der Waals surface area contributed by atoms with Crippen LogP contribution >= 0.6 is 11.6 Å². The third-order valence-corrected chi connectivity index (χ3v) is 3.90. The van der Waals surface area contributed by atoms with E-state index in [1.807, 2.05) is 71.5 Å². The van der Waals surface area contributed by atoms with E-state index in [0.717, 1.165) is 16.9 Å². The van der Waals surface area contributed by atoms with Crippen LogP contribution in [0.1, 0.15) is 17.3 Å². The Morgan fingerprint density at radius 2 is 1.78 bits per heavy atom. The number of benzene rings is 2. The van der Waals surface area contributed by atoms with Crippen molar-refractivity contribution in [3.63, 3.8) is 0 Å². The summed E-state index contributed by atoms with van der Waals surface area (Å²) in [5.41, 5.74) is 2.94. The van der Waals surface area contributed by atoms with Crippen molar-refractivity contribution >= 4 is 11.6 Å². The van der Waals surface area contributed by atoms with Gasteiger partial charge in [-0.15, -0.1) is 0 Å². The normalized spacial score (nSPS) is 12.3. The van der Waals surface area contributed by atoms with Crippen LogP contribution in [0.15, 0.2) is 66.9 Å². The van der Waals surface area contributed by atoms with Crippen LogP contribution < -0.4 is 5.32 Å². The number of hydrogen-bond acceptors (Lipinski definition) is 3. The molecule has 1 unspecified atom stereocenters. The Balaban J connectivity index is 1.65. The molecule has 2 aromatic carbocycles. The first-order chi connectivity index (χ1) is 11.3. The molecule has 2 N–H and O–H groups in total. The van der Waals surface area contributed by atoms with Crippen LogP contribution in [0.3, 0.4) is 0 Å². The summed E-state index contributed by atoms with van der Waals surface area (Å²) >= 11 is 5.90. The average Bonchev–Trinajstić information content (AvgIpc) is 3.07. The van der Waals surface area contributed by atoms with E-state index < -0.39 is 0 Å². The Bertz CT molecular complexity index is 740. The first-order valence-corrected chi connectivity index (χ1v) is 7.84. The van der Waals surface area contributed by atoms with Crippen LogP contribution in [0.4, 0.5) is 0 Å². The zero-order valence-electron chi connectivity index (χ0n) is 12.6. The predicted octanol–water partition coefficient (Wildman–Crippen LogP) is 3.35. The second-order valence-electron chi connectivity index (χ2n) is 5.25. The van der Waals surface area contributed by atoms with Gasteiger partial charge in [-0.1, -0.05) is 41.9 Å². The summed E-state index contributed by atoms with van der Waals surface area (Å²) in [5, 5.41) is 18.1. The number of aromatic nitrogens is 2. The standard InChI is InChI=1S/C18H18ClN3O/c19-15-8-6-14(7-9-15)18(13-23)20-12-16-10-11-22(21-16)17-4-2-1-3-5-17/h1-11,18,20,23H,12-13H2. The molecule has 23 heavy (non-hydrogen) atoms. The van der Waals surface area contributed by atoms with E-state index in [0.29, 0.717) is 11.6 Å². The summed E-state index contributed by atoms with van der Waals surface area (Å²) < 4.78 is 1.84. The van der Waals surface area contributed by atoms with E-state index >= 15 is 0 Å². The van der Waals surface area contributed by atoms with Crippen molar-refractivity contribution in [3.05, 3.63) is 83.1 Å². The van der Waals surface area contributed by atoms with Gasteiger partial charge in [0.25, 0.3) is 0 Å². The second kappa shape index (κ2) is 7.42. The summed E-state index contributed by atoms with van der Waals surface area (Å²) in [6.45, 7) is 0.592. The predicted molar refractivity (Wildman–Crippen MR) is 91.7 cm³/mol. The lowest BCUT2D eigenvalue weighted by Crippen LogP contribution is -2.24. The number of para-hydroxylation sites is 1. The highest BCUT2D eigenvalue weighted by atomic mass is 35.5. The Labute approximate surface area is 140 Å². The molecule has 0 fully saturated rings. The minimum atomic E-state index is -0.144. The Hall–Kier alpha value is -2.14. The molecule has 0 spiro atoms. The maximum absolute atomic E-state index is 9.59. The molecular formula is C18H18ClN3O. The zero-order valence-corrected chi connectivity index (χ0v) is 13.3. The van der Waals surface area contributed by atoms with Gasteiger partial charge in [0.1, 0.15) is 0 Å². The summed E-state index contributed by atoms with van der Waals surface area (Å²) in [7, 11) is 0. The molecule has 0 aliphatic rings. The molecular weight excluding hydrogens is 310 g/mol. The topological polar surface area (TPSA) is 50.1 Å². The van der Waals surface area contributed by atoms with Crippen molar-refractivity contribution < 1.29 is 5.11 Å². The molecule has 0 bridgehead atoms. The lowest BCUT2D eigenvalue weighted by atomic mass is 10.1. The highest BCUT2D eigenvalue weighted by Crippen LogP contribution is 2.17. The van der Waals surface area contributed by atoms with Gasteiger partial charge in [0.2, 0.25) is 0 Å². The van der Waals surface area contributed by atoms with Crippen molar-refractivity contribution in [2.45, 2.75) is 12.6 Å². The largest absolute Gasteiger partial charge is 0.394 e. The van der Waals surface area contributed by atoms with Gasteiger partial charge in [-0.2, -0.15) is 5.10 Å². The lowest BCUT2D eigenvalue weighted by molar-refractivity contribution is 0.243. The Morgan fingerprint density at radius 3 is 2.48 bits per heavy atom. The maximum atomic E-state index is 9.59. The third kappa shape index (κ3) is 3.99. The van der Waals surface area contributed by atoms with Crippen molar-refractivity contribution in [1.29, 1.82) is 0 Å². The summed E-state index contributed by atoms with van der Waals surface area (Å²) in [4.78, 5) is 0. The zero-order chi connectivity index (χ0) is 16.1. The number of rotatable bonds is 6. The molecule has 1 atom stereocenters. The molecule has 3 rings (SSSR count). The van der Waals surface area contributed by atoms with Crippen molar-refractivity contribution in [2.24, 2.45) is 0 Å². The van der Waals surface area contributed by atoms with Crippen LogP contribution in [0.5, 0.6) is 0 Å². The van der Waals surface area contributed by atoms with Gasteiger partial charge in [-0.05, 0) is 35.9 Å². The van der Waals surface area contributed by atoms with Crippen LogP contribution in [0.25, 0.3) is 5.69 Å². The quantitative estimate of drug-likeness (QED) is 0.730. The minimum Gasteiger partial charge on any atom is -0.394 e. The highest BCUT2D eigenvalue weighted by molar-refractivity contribution is 6.30. The van der Waals surface area contributed by atoms with Gasteiger partial charge < -0.3 is 10.4 Å². The third-order valence-electron chi connectivity index (χ3n) is 3.65. The molecule has 1 heterocycles. The van der Waals surface area contributed by atoms with Crippen LogP contribution in [-0.4, -0.2) is 21.5 Å². The van der Waals surface area contributed by atoms with Gasteiger partial charge in [-0.3, -0.25) is 0 Å². The van der Waals surface area contributed by atoms with E-state index in [1.54, 1.807) is 0 Å². The number of aliphatic hydroxyl groups excluding tert-OH is 1. The van der Waals surface area contributed by atoms with Crippen LogP contribution in [0.2, 0.25) is 5.02 Å². The summed E-state index contributed by atoms with van der Waals surface area (Å²) in [6.07, 6.45) is 1.93. The average molecular weight is 328 g/mol. The molecule has 4 nitrogen and oxygen atoms in total. The monoisotopic (exact) mass is 327 g/mol. The number of nitrogens with zero attached hydrogens (tertiary/aromatic N) is 2. The fourth-order valence-electron chi connectivity index (χ4n) is 2.39. The Morgan fingerprint density at radius 1 is 1.04 bits per heavy atom. The molecule has 0 aliphatic carbocycles. The van der Waals surface area contributed by atoms with Crippen molar-refractivity contribution in [3.8, 4) is 5.69 Å². The first kappa shape index (κ1) is 15.7. The molecule has 0 amide bonds. The van der Waals surface area contributed by atoms with E-state index in [4.69, 9.17) is 11.6 Å². The molecule has 0 saturated heterocycles. The van der Waals surface area contributed by atoms with E-state index in [-0.39, 0.29) is 12.6 Å². The molecule has 1 aromatic heterocycles. The molecule has 118 valence electrons. The van der Waals surface area contributed by atoms with E-state index in [2.05, 4.69) is 10.4 Å². The fourth-order valence-corrected chi connectivity index (χ4v) is 2.52. The number of aliphatic hydroxyl groups is 1. The van der Waals surface area contributed by atoms with Crippen molar-refractivity contribution in [2.75, 3.05) is 6.61 Å². The summed E-state index contributed by atoms with van der Waals surface area (Å²) in [5.74, 6) is 0. The minimum absolute atomic E-state index is 0.0149. The summed E-state index contributed by atoms with van der Waals surface area (Å²) in [6, 6.07) is 19.3.